The molecule has 0 saturated heterocycles. The van der Waals surface area contributed by atoms with Crippen LogP contribution in [0.15, 0.2) is 18.4 Å². The van der Waals surface area contributed by atoms with E-state index in [4.69, 9.17) is 14.2 Å². The van der Waals surface area contributed by atoms with Crippen LogP contribution in [0.25, 0.3) is 0 Å². The SMILES string of the molecule is C=C=C[C@@H]1CC(C(=O)OC)(C(=O)OC)C[C@H]1OC. The lowest BCUT2D eigenvalue weighted by molar-refractivity contribution is -0.169. The largest absolute Gasteiger partial charge is 0.468 e. The smallest absolute Gasteiger partial charge is 0.323 e. The van der Waals surface area contributed by atoms with Gasteiger partial charge >= 0.3 is 11.9 Å². The molecule has 1 aliphatic carbocycles. The molecule has 0 aromatic carbocycles. The summed E-state index contributed by atoms with van der Waals surface area (Å²) in [5.74, 6) is -1.28. The predicted molar refractivity (Wildman–Crippen MR) is 63.7 cm³/mol. The second-order valence-corrected chi connectivity index (χ2v) is 4.28. The number of esters is 2. The van der Waals surface area contributed by atoms with Gasteiger partial charge in [-0.1, -0.05) is 6.58 Å². The first-order chi connectivity index (χ1) is 8.55. The standard InChI is InChI=1S/C13H18O5/c1-5-6-9-7-13(11(14)17-3,12(15)18-4)8-10(9)16-2/h6,9-10H,1,7-8H2,2-4H3/t9-,10-/m1/s1. The minimum Gasteiger partial charge on any atom is -0.468 e. The van der Waals surface area contributed by atoms with Crippen LogP contribution in [-0.4, -0.2) is 39.4 Å². The van der Waals surface area contributed by atoms with Gasteiger partial charge in [0.1, 0.15) is 0 Å². The second kappa shape index (κ2) is 5.85. The molecule has 0 heterocycles. The van der Waals surface area contributed by atoms with Crippen LogP contribution in [0.2, 0.25) is 0 Å². The molecule has 0 aromatic rings. The summed E-state index contributed by atoms with van der Waals surface area (Å²) in [5.41, 5.74) is 1.38. The third kappa shape index (κ3) is 2.33. The molecular formula is C13H18O5. The molecular weight excluding hydrogens is 236 g/mol. The third-order valence-corrected chi connectivity index (χ3v) is 3.40. The molecule has 2 atom stereocenters. The van der Waals surface area contributed by atoms with E-state index in [0.29, 0.717) is 0 Å². The van der Waals surface area contributed by atoms with Crippen LogP contribution < -0.4 is 0 Å². The molecule has 5 nitrogen and oxygen atoms in total. The Morgan fingerprint density at radius 1 is 1.22 bits per heavy atom. The highest BCUT2D eigenvalue weighted by Gasteiger charge is 2.57. The molecule has 18 heavy (non-hydrogen) atoms. The quantitative estimate of drug-likeness (QED) is 0.427. The molecule has 0 bridgehead atoms. The van der Waals surface area contributed by atoms with Crippen LogP contribution in [0.5, 0.6) is 0 Å². The average molecular weight is 254 g/mol. The van der Waals surface area contributed by atoms with Gasteiger partial charge in [0.15, 0.2) is 5.41 Å². The molecule has 5 heteroatoms. The first-order valence-corrected chi connectivity index (χ1v) is 5.61. The van der Waals surface area contributed by atoms with Gasteiger partial charge in [-0.15, -0.1) is 5.73 Å². The minimum absolute atomic E-state index is 0.106. The first kappa shape index (κ1) is 14.5. The molecule has 0 unspecified atom stereocenters. The van der Waals surface area contributed by atoms with Crippen molar-refractivity contribution in [2.45, 2.75) is 18.9 Å². The Kier molecular flexibility index (Phi) is 4.70. The number of hydrogen-bond donors (Lipinski definition) is 0. The van der Waals surface area contributed by atoms with Gasteiger partial charge in [0, 0.05) is 19.4 Å². The zero-order valence-electron chi connectivity index (χ0n) is 10.9. The highest BCUT2D eigenvalue weighted by molar-refractivity contribution is 6.00. The molecule has 0 radical (unpaired) electrons. The first-order valence-electron chi connectivity index (χ1n) is 5.61. The van der Waals surface area contributed by atoms with Gasteiger partial charge in [0.05, 0.1) is 20.3 Å². The number of rotatable bonds is 4. The molecule has 100 valence electrons. The van der Waals surface area contributed by atoms with Crippen LogP contribution >= 0.6 is 0 Å². The minimum atomic E-state index is -1.29. The van der Waals surface area contributed by atoms with Crippen molar-refractivity contribution in [2.75, 3.05) is 21.3 Å². The van der Waals surface area contributed by atoms with E-state index < -0.39 is 17.4 Å². The Labute approximate surface area is 106 Å². The number of carbonyl (C=O) groups is 2. The fraction of sp³-hybridized carbons (Fsp3) is 0.615. The average Bonchev–Trinajstić information content (AvgIpc) is 2.77. The summed E-state index contributed by atoms with van der Waals surface area (Å²) < 4.78 is 14.8. The fourth-order valence-corrected chi connectivity index (χ4v) is 2.50. The van der Waals surface area contributed by atoms with Gasteiger partial charge in [0.25, 0.3) is 0 Å². The van der Waals surface area contributed by atoms with Gasteiger partial charge in [-0.3, -0.25) is 9.59 Å². The molecule has 0 spiro atoms. The maximum Gasteiger partial charge on any atom is 0.323 e. The summed E-state index contributed by atoms with van der Waals surface area (Å²) in [6, 6.07) is 0. The Bertz CT molecular complexity index is 365. The number of carbonyl (C=O) groups excluding carboxylic acids is 2. The molecule has 1 fully saturated rings. The Morgan fingerprint density at radius 3 is 2.17 bits per heavy atom. The van der Waals surface area contributed by atoms with Crippen molar-refractivity contribution in [1.82, 2.24) is 0 Å². The normalized spacial score (nSPS) is 25.1. The van der Waals surface area contributed by atoms with Gasteiger partial charge in [-0.25, -0.2) is 0 Å². The zero-order chi connectivity index (χ0) is 13.8. The summed E-state index contributed by atoms with van der Waals surface area (Å²) in [5, 5.41) is 0. The van der Waals surface area contributed by atoms with Gasteiger partial charge < -0.3 is 14.2 Å². The Morgan fingerprint density at radius 2 is 1.78 bits per heavy atom. The van der Waals surface area contributed by atoms with Crippen LogP contribution in [0, 0.1) is 11.3 Å². The third-order valence-electron chi connectivity index (χ3n) is 3.40. The van der Waals surface area contributed by atoms with E-state index in [1.54, 1.807) is 13.2 Å². The van der Waals surface area contributed by atoms with Crippen LogP contribution in [0.3, 0.4) is 0 Å². The van der Waals surface area contributed by atoms with Crippen molar-refractivity contribution in [3.63, 3.8) is 0 Å². The molecule has 1 rings (SSSR count). The predicted octanol–water partition coefficient (Wildman–Crippen LogP) is 1.08. The highest BCUT2D eigenvalue weighted by atomic mass is 16.5. The highest BCUT2D eigenvalue weighted by Crippen LogP contribution is 2.45. The fourth-order valence-electron chi connectivity index (χ4n) is 2.50. The maximum absolute atomic E-state index is 11.9. The maximum atomic E-state index is 11.9. The topological polar surface area (TPSA) is 61.8 Å². The van der Waals surface area contributed by atoms with Crippen LogP contribution in [0.4, 0.5) is 0 Å². The lowest BCUT2D eigenvalue weighted by atomic mass is 9.85. The van der Waals surface area contributed by atoms with E-state index in [-0.39, 0.29) is 24.9 Å². The number of ether oxygens (including phenoxy) is 3. The van der Waals surface area contributed by atoms with Crippen molar-refractivity contribution in [1.29, 1.82) is 0 Å². The van der Waals surface area contributed by atoms with Gasteiger partial charge in [-0.2, -0.15) is 0 Å². The number of methoxy groups -OCH3 is 3. The molecule has 0 aromatic heterocycles. The van der Waals surface area contributed by atoms with E-state index in [0.717, 1.165) is 0 Å². The van der Waals surface area contributed by atoms with E-state index in [1.165, 1.54) is 14.2 Å². The summed E-state index contributed by atoms with van der Waals surface area (Å²) in [4.78, 5) is 23.8. The summed E-state index contributed by atoms with van der Waals surface area (Å²) in [7, 11) is 4.05. The molecule has 0 N–H and O–H groups in total. The van der Waals surface area contributed by atoms with E-state index in [9.17, 15) is 9.59 Å². The van der Waals surface area contributed by atoms with Crippen molar-refractivity contribution < 1.29 is 23.8 Å². The summed E-state index contributed by atoms with van der Waals surface area (Å²) in [6.07, 6.45) is 1.98. The number of hydrogen-bond acceptors (Lipinski definition) is 5. The van der Waals surface area contributed by atoms with E-state index in [1.807, 2.05) is 0 Å². The zero-order valence-corrected chi connectivity index (χ0v) is 10.9. The van der Waals surface area contributed by atoms with Crippen LogP contribution in [-0.2, 0) is 23.8 Å². The molecule has 0 amide bonds. The lowest BCUT2D eigenvalue weighted by Crippen LogP contribution is -2.39. The van der Waals surface area contributed by atoms with Crippen molar-refractivity contribution in [3.8, 4) is 0 Å². The van der Waals surface area contributed by atoms with Gasteiger partial charge in [-0.05, 0) is 12.5 Å². The monoisotopic (exact) mass is 254 g/mol. The molecule has 1 aliphatic rings. The molecule has 0 aliphatic heterocycles. The molecule has 1 saturated carbocycles. The second-order valence-electron chi connectivity index (χ2n) is 4.28. The van der Waals surface area contributed by atoms with E-state index >= 15 is 0 Å². The Hall–Kier alpha value is -1.58. The summed E-state index contributed by atoms with van der Waals surface area (Å²) in [6.45, 7) is 3.50. The lowest BCUT2D eigenvalue weighted by Gasteiger charge is -2.22. The summed E-state index contributed by atoms with van der Waals surface area (Å²) >= 11 is 0. The van der Waals surface area contributed by atoms with E-state index in [2.05, 4.69) is 12.3 Å². The Balaban J connectivity index is 3.11. The van der Waals surface area contributed by atoms with Crippen molar-refractivity contribution >= 4 is 11.9 Å². The van der Waals surface area contributed by atoms with Gasteiger partial charge in [0.2, 0.25) is 0 Å². The van der Waals surface area contributed by atoms with Crippen molar-refractivity contribution in [2.24, 2.45) is 11.3 Å². The van der Waals surface area contributed by atoms with Crippen LogP contribution in [0.1, 0.15) is 12.8 Å². The van der Waals surface area contributed by atoms with Crippen molar-refractivity contribution in [3.05, 3.63) is 18.4 Å².